The van der Waals surface area contributed by atoms with Crippen molar-refractivity contribution in [2.75, 3.05) is 13.1 Å². The van der Waals surface area contributed by atoms with Gasteiger partial charge >= 0.3 is 0 Å². The first-order chi connectivity index (χ1) is 10.8. The van der Waals surface area contributed by atoms with Gasteiger partial charge < -0.3 is 5.32 Å². The molecule has 2 N–H and O–H groups in total. The Labute approximate surface area is 131 Å². The summed E-state index contributed by atoms with van der Waals surface area (Å²) in [5.41, 5.74) is 3.74. The number of aliphatic imine (C=N–C) groups is 1. The number of aromatic nitrogens is 1. The maximum Gasteiger partial charge on any atom is 0.135 e. The van der Waals surface area contributed by atoms with Crippen LogP contribution in [0.15, 0.2) is 53.1 Å². The van der Waals surface area contributed by atoms with Crippen molar-refractivity contribution < 1.29 is 0 Å². The van der Waals surface area contributed by atoms with Gasteiger partial charge in [-0.3, -0.25) is 20.2 Å². The van der Waals surface area contributed by atoms with E-state index in [1.165, 1.54) is 16.8 Å². The largest absolute Gasteiger partial charge is 0.357 e. The second kappa shape index (κ2) is 6.85. The molecular weight excluding hydrogens is 274 g/mol. The van der Waals surface area contributed by atoms with E-state index in [-0.39, 0.29) is 12.3 Å². The first-order valence-electron chi connectivity index (χ1n) is 7.91. The quantitative estimate of drug-likeness (QED) is 0.894. The smallest absolute Gasteiger partial charge is 0.135 e. The SMILES string of the molecule is CCN(CC)C1NC2=C(CC=NC=C2)C(c2ccncc2)N1. The van der Waals surface area contributed by atoms with E-state index in [9.17, 15) is 0 Å². The zero-order chi connectivity index (χ0) is 15.4. The summed E-state index contributed by atoms with van der Waals surface area (Å²) in [6.45, 7) is 6.36. The lowest BCUT2D eigenvalue weighted by Gasteiger charge is -2.40. The summed E-state index contributed by atoms with van der Waals surface area (Å²) < 4.78 is 0. The van der Waals surface area contributed by atoms with Crippen LogP contribution in [0.25, 0.3) is 0 Å². The zero-order valence-corrected chi connectivity index (χ0v) is 13.2. The van der Waals surface area contributed by atoms with Crippen LogP contribution in [0.1, 0.15) is 31.9 Å². The van der Waals surface area contributed by atoms with Crippen LogP contribution in [0, 0.1) is 0 Å². The topological polar surface area (TPSA) is 52.5 Å². The van der Waals surface area contributed by atoms with E-state index in [1.807, 2.05) is 24.8 Å². The van der Waals surface area contributed by atoms with Crippen LogP contribution in [0.5, 0.6) is 0 Å². The highest BCUT2D eigenvalue weighted by Gasteiger charge is 2.30. The van der Waals surface area contributed by atoms with Crippen LogP contribution in [0.4, 0.5) is 0 Å². The van der Waals surface area contributed by atoms with Crippen LogP contribution in [-0.2, 0) is 0 Å². The van der Waals surface area contributed by atoms with Gasteiger partial charge in [0.2, 0.25) is 0 Å². The number of nitrogens with one attached hydrogen (secondary N) is 2. The molecule has 5 heteroatoms. The number of rotatable bonds is 4. The van der Waals surface area contributed by atoms with Crippen LogP contribution in [-0.4, -0.2) is 35.5 Å². The summed E-state index contributed by atoms with van der Waals surface area (Å²) in [6.07, 6.45) is 10.6. The van der Waals surface area contributed by atoms with Gasteiger partial charge in [0, 0.05) is 36.9 Å². The number of hydrogen-bond acceptors (Lipinski definition) is 5. The fraction of sp³-hybridized carbons (Fsp3) is 0.412. The van der Waals surface area contributed by atoms with Gasteiger partial charge in [-0.2, -0.15) is 0 Å². The molecule has 0 saturated carbocycles. The average Bonchev–Trinajstić information content (AvgIpc) is 2.81. The molecule has 0 aromatic carbocycles. The first kappa shape index (κ1) is 14.9. The summed E-state index contributed by atoms with van der Waals surface area (Å²) in [4.78, 5) is 10.8. The van der Waals surface area contributed by atoms with Crippen molar-refractivity contribution in [1.29, 1.82) is 0 Å². The Hall–Kier alpha value is -1.98. The fourth-order valence-electron chi connectivity index (χ4n) is 3.05. The van der Waals surface area contributed by atoms with Crippen LogP contribution in [0.2, 0.25) is 0 Å². The molecule has 2 aliphatic rings. The van der Waals surface area contributed by atoms with Gasteiger partial charge in [0.1, 0.15) is 6.29 Å². The predicted octanol–water partition coefficient (Wildman–Crippen LogP) is 2.18. The molecule has 3 rings (SSSR count). The van der Waals surface area contributed by atoms with Gasteiger partial charge in [-0.05, 0) is 42.4 Å². The first-order valence-corrected chi connectivity index (χ1v) is 7.91. The monoisotopic (exact) mass is 297 g/mol. The van der Waals surface area contributed by atoms with Gasteiger partial charge in [-0.15, -0.1) is 0 Å². The maximum absolute atomic E-state index is 4.29. The number of allylic oxidation sites excluding steroid dienone is 1. The highest BCUT2D eigenvalue weighted by molar-refractivity contribution is 5.65. The van der Waals surface area contributed by atoms with E-state index in [0.717, 1.165) is 19.5 Å². The Bertz CT molecular complexity index is 586. The van der Waals surface area contributed by atoms with Crippen molar-refractivity contribution in [2.24, 2.45) is 4.99 Å². The molecule has 22 heavy (non-hydrogen) atoms. The Morgan fingerprint density at radius 1 is 1.23 bits per heavy atom. The van der Waals surface area contributed by atoms with Gasteiger partial charge in [-0.25, -0.2) is 0 Å². The van der Waals surface area contributed by atoms with E-state index >= 15 is 0 Å². The minimum Gasteiger partial charge on any atom is -0.357 e. The Balaban J connectivity index is 1.97. The highest BCUT2D eigenvalue weighted by atomic mass is 15.4. The van der Waals surface area contributed by atoms with Crippen molar-refractivity contribution >= 4 is 6.21 Å². The fourth-order valence-corrected chi connectivity index (χ4v) is 3.05. The molecule has 2 unspecified atom stereocenters. The van der Waals surface area contributed by atoms with Crippen molar-refractivity contribution in [2.45, 2.75) is 32.6 Å². The molecule has 116 valence electrons. The average molecular weight is 297 g/mol. The lowest BCUT2D eigenvalue weighted by atomic mass is 9.93. The van der Waals surface area contributed by atoms with E-state index in [2.05, 4.69) is 57.6 Å². The molecular formula is C17H23N5. The van der Waals surface area contributed by atoms with Crippen molar-refractivity contribution in [1.82, 2.24) is 20.5 Å². The molecule has 1 aromatic heterocycles. The summed E-state index contributed by atoms with van der Waals surface area (Å²) in [5, 5.41) is 7.34. The Morgan fingerprint density at radius 2 is 2.00 bits per heavy atom. The molecule has 5 nitrogen and oxygen atoms in total. The molecule has 0 radical (unpaired) electrons. The van der Waals surface area contributed by atoms with Crippen LogP contribution >= 0.6 is 0 Å². The minimum absolute atomic E-state index is 0.120. The Kier molecular flexibility index (Phi) is 4.65. The molecule has 0 amide bonds. The summed E-state index contributed by atoms with van der Waals surface area (Å²) >= 11 is 0. The normalized spacial score (nSPS) is 24.1. The second-order valence-electron chi connectivity index (χ2n) is 5.44. The highest BCUT2D eigenvalue weighted by Crippen LogP contribution is 2.30. The zero-order valence-electron chi connectivity index (χ0n) is 13.2. The Morgan fingerprint density at radius 3 is 2.73 bits per heavy atom. The minimum atomic E-state index is 0.120. The third-order valence-corrected chi connectivity index (χ3v) is 4.27. The number of pyridine rings is 1. The van der Waals surface area contributed by atoms with Crippen LogP contribution in [0.3, 0.4) is 0 Å². The van der Waals surface area contributed by atoms with E-state index in [4.69, 9.17) is 0 Å². The van der Waals surface area contributed by atoms with Crippen molar-refractivity contribution in [3.05, 3.63) is 53.6 Å². The molecule has 0 fully saturated rings. The second-order valence-corrected chi connectivity index (χ2v) is 5.44. The van der Waals surface area contributed by atoms with Gasteiger partial charge in [0.15, 0.2) is 0 Å². The van der Waals surface area contributed by atoms with Crippen molar-refractivity contribution in [3.8, 4) is 0 Å². The summed E-state index contributed by atoms with van der Waals surface area (Å²) in [6, 6.07) is 4.34. The van der Waals surface area contributed by atoms with Crippen molar-refractivity contribution in [3.63, 3.8) is 0 Å². The molecule has 2 aliphatic heterocycles. The molecule has 0 spiro atoms. The van der Waals surface area contributed by atoms with E-state index < -0.39 is 0 Å². The van der Waals surface area contributed by atoms with Gasteiger partial charge in [0.25, 0.3) is 0 Å². The number of nitrogens with zero attached hydrogens (tertiary/aromatic N) is 3. The third kappa shape index (κ3) is 2.96. The molecule has 1 aromatic rings. The summed E-state index contributed by atoms with van der Waals surface area (Å²) in [5.74, 6) is 0. The molecule has 0 aliphatic carbocycles. The molecule has 2 atom stereocenters. The van der Waals surface area contributed by atoms with Gasteiger partial charge in [-0.1, -0.05) is 13.8 Å². The summed E-state index contributed by atoms with van der Waals surface area (Å²) in [7, 11) is 0. The third-order valence-electron chi connectivity index (χ3n) is 4.27. The predicted molar refractivity (Wildman–Crippen MR) is 89.2 cm³/mol. The standard InChI is InChI=1S/C17H23N5/c1-3-22(4-2)17-20-15-8-12-19-11-7-14(15)16(21-17)13-5-9-18-10-6-13/h5-6,8-12,16-17,20-21H,3-4,7H2,1-2H3. The van der Waals surface area contributed by atoms with Gasteiger partial charge in [0.05, 0.1) is 6.04 Å². The molecule has 0 saturated heterocycles. The van der Waals surface area contributed by atoms with E-state index in [0.29, 0.717) is 0 Å². The van der Waals surface area contributed by atoms with E-state index in [1.54, 1.807) is 0 Å². The number of hydrogen-bond donors (Lipinski definition) is 2. The molecule has 0 bridgehead atoms. The lowest BCUT2D eigenvalue weighted by Crippen LogP contribution is -2.58. The van der Waals surface area contributed by atoms with Crippen LogP contribution < -0.4 is 10.6 Å². The maximum atomic E-state index is 4.29. The lowest BCUT2D eigenvalue weighted by molar-refractivity contribution is 0.141. The molecule has 3 heterocycles.